The lowest BCUT2D eigenvalue weighted by Gasteiger charge is -2.44. The highest BCUT2D eigenvalue weighted by atomic mass is 16.5. The summed E-state index contributed by atoms with van der Waals surface area (Å²) in [4.78, 5) is 0. The highest BCUT2D eigenvalue weighted by Crippen LogP contribution is 2.42. The van der Waals surface area contributed by atoms with E-state index >= 15 is 0 Å². The molecule has 1 N–H and O–H groups in total. The molecule has 1 aromatic carbocycles. The SMILES string of the molecule is CCNC(c1ccc(C)cc1)C1(OC)CCC(C)CC1. The molecule has 20 heavy (non-hydrogen) atoms. The van der Waals surface area contributed by atoms with E-state index in [9.17, 15) is 0 Å². The van der Waals surface area contributed by atoms with E-state index in [1.54, 1.807) is 0 Å². The number of hydrogen-bond donors (Lipinski definition) is 1. The molecule has 0 bridgehead atoms. The summed E-state index contributed by atoms with van der Waals surface area (Å²) in [6.45, 7) is 7.64. The van der Waals surface area contributed by atoms with Gasteiger partial charge in [-0.1, -0.05) is 43.7 Å². The van der Waals surface area contributed by atoms with E-state index < -0.39 is 0 Å². The van der Waals surface area contributed by atoms with Crippen molar-refractivity contribution in [2.24, 2.45) is 5.92 Å². The van der Waals surface area contributed by atoms with Gasteiger partial charge in [-0.25, -0.2) is 0 Å². The summed E-state index contributed by atoms with van der Waals surface area (Å²) in [5, 5.41) is 3.67. The van der Waals surface area contributed by atoms with Gasteiger partial charge >= 0.3 is 0 Å². The predicted molar refractivity (Wildman–Crippen MR) is 85.0 cm³/mol. The maximum atomic E-state index is 6.06. The van der Waals surface area contributed by atoms with Crippen LogP contribution in [-0.2, 0) is 4.74 Å². The van der Waals surface area contributed by atoms with Crippen LogP contribution >= 0.6 is 0 Å². The summed E-state index contributed by atoms with van der Waals surface area (Å²) in [6, 6.07) is 9.21. The van der Waals surface area contributed by atoms with Crippen LogP contribution in [0.25, 0.3) is 0 Å². The van der Waals surface area contributed by atoms with Gasteiger partial charge in [-0.05, 0) is 50.6 Å². The number of hydrogen-bond acceptors (Lipinski definition) is 2. The molecule has 0 aliphatic heterocycles. The van der Waals surface area contributed by atoms with Crippen molar-refractivity contribution in [1.29, 1.82) is 0 Å². The molecule has 1 aliphatic rings. The number of ether oxygens (including phenoxy) is 1. The van der Waals surface area contributed by atoms with Gasteiger partial charge in [0.1, 0.15) is 0 Å². The fraction of sp³-hybridized carbons (Fsp3) is 0.667. The third-order valence-corrected chi connectivity index (χ3v) is 4.87. The van der Waals surface area contributed by atoms with Crippen molar-refractivity contribution in [3.8, 4) is 0 Å². The molecule has 1 aliphatic carbocycles. The van der Waals surface area contributed by atoms with Gasteiger partial charge in [-0.2, -0.15) is 0 Å². The maximum absolute atomic E-state index is 6.06. The third kappa shape index (κ3) is 3.24. The molecule has 112 valence electrons. The molecule has 1 unspecified atom stereocenters. The molecule has 2 nitrogen and oxygen atoms in total. The van der Waals surface area contributed by atoms with E-state index in [0.29, 0.717) is 6.04 Å². The molecule has 0 aromatic heterocycles. The van der Waals surface area contributed by atoms with Crippen molar-refractivity contribution in [2.75, 3.05) is 13.7 Å². The van der Waals surface area contributed by atoms with Gasteiger partial charge in [0.2, 0.25) is 0 Å². The first-order valence-corrected chi connectivity index (χ1v) is 7.96. The monoisotopic (exact) mass is 275 g/mol. The number of rotatable bonds is 5. The second-order valence-electron chi connectivity index (χ2n) is 6.35. The summed E-state index contributed by atoms with van der Waals surface area (Å²) < 4.78 is 6.06. The Kier molecular flexibility index (Phi) is 5.22. The Labute approximate surface area is 123 Å². The van der Waals surface area contributed by atoms with Gasteiger partial charge in [0.25, 0.3) is 0 Å². The van der Waals surface area contributed by atoms with E-state index in [-0.39, 0.29) is 5.60 Å². The molecule has 2 heteroatoms. The number of aryl methyl sites for hydroxylation is 1. The maximum Gasteiger partial charge on any atom is 0.0872 e. The van der Waals surface area contributed by atoms with Crippen LogP contribution in [0.2, 0.25) is 0 Å². The zero-order valence-electron chi connectivity index (χ0n) is 13.4. The standard InChI is InChI=1S/C18H29NO/c1-5-19-17(16-8-6-14(2)7-9-16)18(20-4)12-10-15(3)11-13-18/h6-9,15,17,19H,5,10-13H2,1-4H3. The van der Waals surface area contributed by atoms with Crippen LogP contribution in [0.15, 0.2) is 24.3 Å². The van der Waals surface area contributed by atoms with E-state index in [2.05, 4.69) is 50.4 Å². The number of methoxy groups -OCH3 is 1. The lowest BCUT2D eigenvalue weighted by molar-refractivity contribution is -0.0757. The number of benzene rings is 1. The lowest BCUT2D eigenvalue weighted by atomic mass is 9.73. The number of nitrogens with one attached hydrogen (secondary N) is 1. The molecule has 0 amide bonds. The molecule has 1 atom stereocenters. The zero-order valence-corrected chi connectivity index (χ0v) is 13.4. The van der Waals surface area contributed by atoms with E-state index in [0.717, 1.165) is 25.3 Å². The van der Waals surface area contributed by atoms with Gasteiger partial charge < -0.3 is 10.1 Å². The summed E-state index contributed by atoms with van der Waals surface area (Å²) in [6.07, 6.45) is 4.83. The second kappa shape index (κ2) is 6.73. The lowest BCUT2D eigenvalue weighted by Crippen LogP contribution is -2.47. The molecule has 2 rings (SSSR count). The normalized spacial score (nSPS) is 28.3. The van der Waals surface area contributed by atoms with Crippen molar-refractivity contribution >= 4 is 0 Å². The van der Waals surface area contributed by atoms with Crippen LogP contribution in [0, 0.1) is 12.8 Å². The molecular formula is C18H29NO. The van der Waals surface area contributed by atoms with Crippen LogP contribution in [-0.4, -0.2) is 19.3 Å². The Balaban J connectivity index is 2.27. The molecule has 0 saturated heterocycles. The van der Waals surface area contributed by atoms with Crippen LogP contribution < -0.4 is 5.32 Å². The highest BCUT2D eigenvalue weighted by molar-refractivity contribution is 5.27. The van der Waals surface area contributed by atoms with Crippen molar-refractivity contribution in [2.45, 2.75) is 58.1 Å². The minimum absolute atomic E-state index is 0.0439. The molecule has 0 radical (unpaired) electrons. The quantitative estimate of drug-likeness (QED) is 0.868. The van der Waals surface area contributed by atoms with Crippen molar-refractivity contribution in [3.63, 3.8) is 0 Å². The Morgan fingerprint density at radius 2 is 1.85 bits per heavy atom. The summed E-state index contributed by atoms with van der Waals surface area (Å²) in [5.41, 5.74) is 2.62. The predicted octanol–water partition coefficient (Wildman–Crippen LogP) is 4.24. The summed E-state index contributed by atoms with van der Waals surface area (Å²) in [5.74, 6) is 0.832. The van der Waals surface area contributed by atoms with E-state index in [1.807, 2.05) is 7.11 Å². The van der Waals surface area contributed by atoms with Gasteiger partial charge in [-0.15, -0.1) is 0 Å². The Morgan fingerprint density at radius 1 is 1.25 bits per heavy atom. The van der Waals surface area contributed by atoms with E-state index in [1.165, 1.54) is 24.0 Å². The molecule has 1 saturated carbocycles. The smallest absolute Gasteiger partial charge is 0.0872 e. The topological polar surface area (TPSA) is 21.3 Å². The number of likely N-dealkylation sites (N-methyl/N-ethyl adjacent to an activating group) is 1. The fourth-order valence-corrected chi connectivity index (χ4v) is 3.43. The highest BCUT2D eigenvalue weighted by Gasteiger charge is 2.41. The summed E-state index contributed by atoms with van der Waals surface area (Å²) >= 11 is 0. The molecule has 0 spiro atoms. The average molecular weight is 275 g/mol. The van der Waals surface area contributed by atoms with Crippen LogP contribution in [0.5, 0.6) is 0 Å². The van der Waals surface area contributed by atoms with Gasteiger partial charge in [0.15, 0.2) is 0 Å². The first-order chi connectivity index (χ1) is 9.61. The first kappa shape index (κ1) is 15.5. The third-order valence-electron chi connectivity index (χ3n) is 4.87. The molecular weight excluding hydrogens is 246 g/mol. The van der Waals surface area contributed by atoms with Crippen LogP contribution in [0.3, 0.4) is 0 Å². The van der Waals surface area contributed by atoms with Crippen LogP contribution in [0.1, 0.15) is 56.7 Å². The van der Waals surface area contributed by atoms with Crippen molar-refractivity contribution in [1.82, 2.24) is 5.32 Å². The zero-order chi connectivity index (χ0) is 14.6. The summed E-state index contributed by atoms with van der Waals surface area (Å²) in [7, 11) is 1.88. The fourth-order valence-electron chi connectivity index (χ4n) is 3.43. The molecule has 1 aromatic rings. The van der Waals surface area contributed by atoms with Gasteiger partial charge in [0, 0.05) is 7.11 Å². The minimum atomic E-state index is -0.0439. The van der Waals surface area contributed by atoms with Crippen molar-refractivity contribution in [3.05, 3.63) is 35.4 Å². The van der Waals surface area contributed by atoms with Gasteiger partial charge in [0.05, 0.1) is 11.6 Å². The Morgan fingerprint density at radius 3 is 2.35 bits per heavy atom. The second-order valence-corrected chi connectivity index (χ2v) is 6.35. The average Bonchev–Trinajstić information content (AvgIpc) is 2.47. The largest absolute Gasteiger partial charge is 0.376 e. The van der Waals surface area contributed by atoms with Crippen LogP contribution in [0.4, 0.5) is 0 Å². The minimum Gasteiger partial charge on any atom is -0.376 e. The molecule has 0 heterocycles. The van der Waals surface area contributed by atoms with E-state index in [4.69, 9.17) is 4.74 Å². The van der Waals surface area contributed by atoms with Crippen molar-refractivity contribution < 1.29 is 4.74 Å². The Bertz CT molecular complexity index is 404. The Hall–Kier alpha value is -0.860. The van der Waals surface area contributed by atoms with Gasteiger partial charge in [-0.3, -0.25) is 0 Å². The molecule has 1 fully saturated rings. The first-order valence-electron chi connectivity index (χ1n) is 7.96.